The molecule has 4 aliphatic rings. The van der Waals surface area contributed by atoms with Crippen molar-refractivity contribution in [2.75, 3.05) is 0 Å². The highest BCUT2D eigenvalue weighted by atomic mass is 16.3. The van der Waals surface area contributed by atoms with E-state index in [0.717, 1.165) is 50.8 Å². The van der Waals surface area contributed by atoms with Crippen molar-refractivity contribution in [1.29, 1.82) is 5.26 Å². The molecule has 0 saturated heterocycles. The average Bonchev–Trinajstić information content (AvgIpc) is 3.44. The van der Waals surface area contributed by atoms with E-state index in [2.05, 4.69) is 30.3 Å². The Balaban J connectivity index is 1.20. The topological polar surface area (TPSA) is 75.6 Å². The van der Waals surface area contributed by atoms with Crippen LogP contribution in [-0.2, 0) is 5.41 Å². The average molecular weight is 559 g/mol. The molecular weight excluding hydrogens is 528 g/mol. The molecule has 0 N–H and O–H groups in total. The third-order valence-corrected chi connectivity index (χ3v) is 10.3. The SMILES string of the molecule is N#Cc1ccc(-c2nc(-c3ccccc3)nc(-c3ccc(C45C[C@H]6C[C@H](C4)C[C@@H](C5)C6)cc3)n2)c2c1oc1ccccc12. The normalized spacial score (nSPS) is 24.0. The van der Waals surface area contributed by atoms with Gasteiger partial charge in [0.05, 0.1) is 5.56 Å². The van der Waals surface area contributed by atoms with Gasteiger partial charge in [0.25, 0.3) is 0 Å². The maximum Gasteiger partial charge on any atom is 0.164 e. The molecule has 4 saturated carbocycles. The van der Waals surface area contributed by atoms with Crippen molar-refractivity contribution in [3.8, 4) is 40.2 Å². The number of fused-ring (bicyclic) bond motifs is 3. The predicted molar refractivity (Wildman–Crippen MR) is 168 cm³/mol. The van der Waals surface area contributed by atoms with Gasteiger partial charge in [0.1, 0.15) is 11.7 Å². The number of hydrogen-bond donors (Lipinski definition) is 0. The van der Waals surface area contributed by atoms with Gasteiger partial charge in [0, 0.05) is 27.5 Å². The Bertz CT molecular complexity index is 2030. The van der Waals surface area contributed by atoms with Crippen LogP contribution in [-0.4, -0.2) is 15.0 Å². The summed E-state index contributed by atoms with van der Waals surface area (Å²) in [6.45, 7) is 0. The van der Waals surface area contributed by atoms with Crippen molar-refractivity contribution in [2.24, 2.45) is 17.8 Å². The van der Waals surface area contributed by atoms with Crippen LogP contribution in [0.1, 0.15) is 49.7 Å². The van der Waals surface area contributed by atoms with Crippen LogP contribution in [0.3, 0.4) is 0 Å². The van der Waals surface area contributed by atoms with Gasteiger partial charge in [-0.2, -0.15) is 5.26 Å². The largest absolute Gasteiger partial charge is 0.455 e. The molecule has 5 nitrogen and oxygen atoms in total. The molecule has 2 aromatic heterocycles. The molecule has 0 unspecified atom stereocenters. The highest BCUT2D eigenvalue weighted by Crippen LogP contribution is 2.60. The number of para-hydroxylation sites is 1. The zero-order valence-electron chi connectivity index (χ0n) is 23.8. The van der Waals surface area contributed by atoms with E-state index in [0.29, 0.717) is 34.0 Å². The molecule has 4 fully saturated rings. The van der Waals surface area contributed by atoms with Crippen LogP contribution >= 0.6 is 0 Å². The second kappa shape index (κ2) is 9.34. The van der Waals surface area contributed by atoms with E-state index in [9.17, 15) is 5.26 Å². The minimum Gasteiger partial charge on any atom is -0.455 e. The summed E-state index contributed by atoms with van der Waals surface area (Å²) in [5, 5.41) is 11.6. The summed E-state index contributed by atoms with van der Waals surface area (Å²) in [6.07, 6.45) is 8.38. The van der Waals surface area contributed by atoms with Crippen LogP contribution < -0.4 is 0 Å². The molecule has 0 aliphatic heterocycles. The molecule has 43 heavy (non-hydrogen) atoms. The first-order valence-corrected chi connectivity index (χ1v) is 15.4. The fraction of sp³-hybridized carbons (Fsp3) is 0.263. The van der Waals surface area contributed by atoms with Gasteiger partial charge in [-0.3, -0.25) is 0 Å². The summed E-state index contributed by atoms with van der Waals surface area (Å²) in [6, 6.07) is 33.1. The van der Waals surface area contributed by atoms with Crippen LogP contribution in [0.25, 0.3) is 56.1 Å². The maximum absolute atomic E-state index is 9.84. The number of hydrogen-bond acceptors (Lipinski definition) is 5. The van der Waals surface area contributed by atoms with Gasteiger partial charge in [-0.1, -0.05) is 72.8 Å². The number of nitrogens with zero attached hydrogens (tertiary/aromatic N) is 4. The number of nitriles is 1. The first-order valence-electron chi connectivity index (χ1n) is 15.4. The Hall–Kier alpha value is -4.82. The molecule has 4 bridgehead atoms. The molecule has 0 radical (unpaired) electrons. The molecule has 4 aromatic carbocycles. The van der Waals surface area contributed by atoms with Crippen molar-refractivity contribution < 1.29 is 4.42 Å². The van der Waals surface area contributed by atoms with Crippen LogP contribution in [0.4, 0.5) is 0 Å². The third-order valence-electron chi connectivity index (χ3n) is 10.3. The molecule has 6 aromatic rings. The first-order chi connectivity index (χ1) is 21.2. The van der Waals surface area contributed by atoms with Gasteiger partial charge < -0.3 is 4.42 Å². The minimum atomic E-state index is 0.350. The molecule has 0 atom stereocenters. The smallest absolute Gasteiger partial charge is 0.164 e. The highest BCUT2D eigenvalue weighted by molar-refractivity contribution is 6.13. The minimum absolute atomic E-state index is 0.350. The summed E-state index contributed by atoms with van der Waals surface area (Å²) in [7, 11) is 0. The van der Waals surface area contributed by atoms with Crippen molar-refractivity contribution in [2.45, 2.75) is 43.9 Å². The van der Waals surface area contributed by atoms with Gasteiger partial charge in [-0.05, 0) is 85.5 Å². The monoisotopic (exact) mass is 558 g/mol. The lowest BCUT2D eigenvalue weighted by Crippen LogP contribution is -2.48. The van der Waals surface area contributed by atoms with Crippen molar-refractivity contribution in [3.63, 3.8) is 0 Å². The molecule has 0 amide bonds. The molecular formula is C38H30N4O. The zero-order valence-corrected chi connectivity index (χ0v) is 23.8. The predicted octanol–water partition coefficient (Wildman–Crippen LogP) is 9.11. The van der Waals surface area contributed by atoms with E-state index in [1.165, 1.54) is 44.1 Å². The third kappa shape index (κ3) is 3.93. The number of benzene rings is 4. The Kier molecular flexibility index (Phi) is 5.38. The van der Waals surface area contributed by atoms with Crippen molar-refractivity contribution in [1.82, 2.24) is 15.0 Å². The quantitative estimate of drug-likeness (QED) is 0.216. The molecule has 2 heterocycles. The molecule has 10 rings (SSSR count). The second-order valence-electron chi connectivity index (χ2n) is 13.0. The number of aromatic nitrogens is 3. The fourth-order valence-electron chi connectivity index (χ4n) is 8.88. The van der Waals surface area contributed by atoms with Gasteiger partial charge in [-0.15, -0.1) is 0 Å². The van der Waals surface area contributed by atoms with Gasteiger partial charge in [0.15, 0.2) is 23.1 Å². The number of furan rings is 1. The lowest BCUT2D eigenvalue weighted by atomic mass is 9.48. The van der Waals surface area contributed by atoms with Crippen LogP contribution in [0.5, 0.6) is 0 Å². The van der Waals surface area contributed by atoms with Gasteiger partial charge in [-0.25, -0.2) is 15.0 Å². The van der Waals surface area contributed by atoms with E-state index in [4.69, 9.17) is 19.4 Å². The standard InChI is InChI=1S/C38H30N4O/c39-22-28-12-15-31(33-30-8-4-5-9-32(30)43-34(28)33)37-41-35(26-6-2-1-3-7-26)40-36(42-37)27-10-13-29(14-11-27)38-19-23-16-24(20-38)18-25(17-23)21-38/h1-15,23-25H,16-21H2/t23-,24-,25-,38?. The summed E-state index contributed by atoms with van der Waals surface area (Å²) >= 11 is 0. The lowest BCUT2D eigenvalue weighted by molar-refractivity contribution is -0.00518. The summed E-state index contributed by atoms with van der Waals surface area (Å²) in [4.78, 5) is 15.0. The van der Waals surface area contributed by atoms with Gasteiger partial charge >= 0.3 is 0 Å². The number of rotatable bonds is 4. The fourth-order valence-corrected chi connectivity index (χ4v) is 8.88. The van der Waals surface area contributed by atoms with Crippen LogP contribution in [0, 0.1) is 29.1 Å². The van der Waals surface area contributed by atoms with E-state index >= 15 is 0 Å². The first kappa shape index (κ1) is 24.7. The van der Waals surface area contributed by atoms with Gasteiger partial charge in [0.2, 0.25) is 0 Å². The van der Waals surface area contributed by atoms with E-state index in [-0.39, 0.29) is 0 Å². The highest BCUT2D eigenvalue weighted by Gasteiger charge is 2.51. The molecule has 5 heteroatoms. The Labute approximate surface area is 250 Å². The van der Waals surface area contributed by atoms with E-state index in [1.54, 1.807) is 6.07 Å². The van der Waals surface area contributed by atoms with E-state index in [1.807, 2.05) is 60.7 Å². The van der Waals surface area contributed by atoms with Crippen molar-refractivity contribution in [3.05, 3.63) is 102 Å². The molecule has 0 spiro atoms. The molecule has 4 aliphatic carbocycles. The maximum atomic E-state index is 9.84. The zero-order chi connectivity index (χ0) is 28.5. The van der Waals surface area contributed by atoms with Crippen LogP contribution in [0.2, 0.25) is 0 Å². The summed E-state index contributed by atoms with van der Waals surface area (Å²) in [5.41, 5.74) is 6.37. The Morgan fingerprint density at radius 3 is 1.93 bits per heavy atom. The second-order valence-corrected chi connectivity index (χ2v) is 13.0. The summed E-state index contributed by atoms with van der Waals surface area (Å²) < 4.78 is 6.19. The van der Waals surface area contributed by atoms with Crippen LogP contribution in [0.15, 0.2) is 95.4 Å². The summed E-state index contributed by atoms with van der Waals surface area (Å²) in [5.74, 6) is 4.56. The lowest BCUT2D eigenvalue weighted by Gasteiger charge is -2.57. The Morgan fingerprint density at radius 1 is 0.651 bits per heavy atom. The van der Waals surface area contributed by atoms with Crippen molar-refractivity contribution >= 4 is 21.9 Å². The Morgan fingerprint density at radius 2 is 1.26 bits per heavy atom. The molecule has 208 valence electrons. The van der Waals surface area contributed by atoms with E-state index < -0.39 is 0 Å².